The van der Waals surface area contributed by atoms with Crippen LogP contribution in [0.25, 0.3) is 0 Å². The van der Waals surface area contributed by atoms with Gasteiger partial charge in [0.1, 0.15) is 0 Å². The number of aryl methyl sites for hydroxylation is 1. The Morgan fingerprint density at radius 2 is 2.31 bits per heavy atom. The lowest BCUT2D eigenvalue weighted by molar-refractivity contribution is -0.0938. The van der Waals surface area contributed by atoms with Crippen LogP contribution in [0.1, 0.15) is 21.7 Å². The van der Waals surface area contributed by atoms with Gasteiger partial charge >= 0.3 is 0 Å². The van der Waals surface area contributed by atoms with Gasteiger partial charge in [0.05, 0.1) is 32.5 Å². The first kappa shape index (κ1) is 11.4. The van der Waals surface area contributed by atoms with Crippen molar-refractivity contribution in [3.8, 4) is 0 Å². The topological polar surface area (TPSA) is 40.5 Å². The van der Waals surface area contributed by atoms with Gasteiger partial charge < -0.3 is 14.0 Å². The van der Waals surface area contributed by atoms with Crippen LogP contribution < -0.4 is 0 Å². The summed E-state index contributed by atoms with van der Waals surface area (Å²) in [5.74, 6) is 0. The summed E-state index contributed by atoms with van der Waals surface area (Å²) in [5.41, 5.74) is 2.85. The van der Waals surface area contributed by atoms with Crippen LogP contribution in [0.15, 0.2) is 6.07 Å². The summed E-state index contributed by atoms with van der Waals surface area (Å²) in [6.07, 6.45) is 0.995. The number of hydrogen-bond donors (Lipinski definition) is 0. The van der Waals surface area contributed by atoms with Crippen LogP contribution in [0.4, 0.5) is 0 Å². The summed E-state index contributed by atoms with van der Waals surface area (Å²) in [6, 6.07) is 1.91. The van der Waals surface area contributed by atoms with E-state index in [1.165, 1.54) is 0 Å². The Morgan fingerprint density at radius 3 is 2.88 bits per heavy atom. The van der Waals surface area contributed by atoms with E-state index in [4.69, 9.17) is 9.47 Å². The lowest BCUT2D eigenvalue weighted by Gasteiger charge is -2.24. The van der Waals surface area contributed by atoms with E-state index in [9.17, 15) is 4.79 Å². The molecule has 16 heavy (non-hydrogen) atoms. The summed E-state index contributed by atoms with van der Waals surface area (Å²) in [7, 11) is 0. The Balaban J connectivity index is 2.13. The van der Waals surface area contributed by atoms with E-state index in [0.29, 0.717) is 19.8 Å². The van der Waals surface area contributed by atoms with Gasteiger partial charge in [-0.1, -0.05) is 0 Å². The monoisotopic (exact) mass is 223 g/mol. The van der Waals surface area contributed by atoms with Crippen molar-refractivity contribution in [1.29, 1.82) is 0 Å². The number of carbonyl (C=O) groups is 1. The Morgan fingerprint density at radius 1 is 1.50 bits per heavy atom. The summed E-state index contributed by atoms with van der Waals surface area (Å²) in [6.45, 7) is 6.69. The van der Waals surface area contributed by atoms with Crippen LogP contribution in [0.2, 0.25) is 0 Å². The molecule has 0 aliphatic carbocycles. The molecule has 4 nitrogen and oxygen atoms in total. The summed E-state index contributed by atoms with van der Waals surface area (Å²) >= 11 is 0. The fourth-order valence-corrected chi connectivity index (χ4v) is 2.07. The molecule has 1 saturated heterocycles. The van der Waals surface area contributed by atoms with Crippen molar-refractivity contribution in [2.24, 2.45) is 0 Å². The smallest absolute Gasteiger partial charge is 0.151 e. The van der Waals surface area contributed by atoms with Crippen LogP contribution in [0.5, 0.6) is 0 Å². The molecular formula is C12H17NO3. The number of nitrogens with zero attached hydrogens (tertiary/aromatic N) is 1. The molecule has 1 fully saturated rings. The first-order valence-corrected chi connectivity index (χ1v) is 5.53. The summed E-state index contributed by atoms with van der Waals surface area (Å²) < 4.78 is 13.1. The van der Waals surface area contributed by atoms with Gasteiger partial charge in [-0.15, -0.1) is 0 Å². The van der Waals surface area contributed by atoms with Gasteiger partial charge in [-0.25, -0.2) is 0 Å². The van der Waals surface area contributed by atoms with Crippen molar-refractivity contribution in [3.05, 3.63) is 23.0 Å². The third-order valence-electron chi connectivity index (χ3n) is 3.01. The summed E-state index contributed by atoms with van der Waals surface area (Å²) in [5, 5.41) is 0. The molecule has 1 aliphatic heterocycles. The maximum atomic E-state index is 10.8. The number of ether oxygens (including phenoxy) is 2. The molecule has 0 amide bonds. The minimum Gasteiger partial charge on any atom is -0.376 e. The molecule has 1 aromatic rings. The SMILES string of the molecule is Cc1cc(C=O)c(C)n1CC1COCCO1. The van der Waals surface area contributed by atoms with Gasteiger partial charge in [-0.2, -0.15) is 0 Å². The molecule has 4 heteroatoms. The fraction of sp³-hybridized carbons (Fsp3) is 0.583. The lowest BCUT2D eigenvalue weighted by atomic mass is 10.3. The van der Waals surface area contributed by atoms with Crippen molar-refractivity contribution < 1.29 is 14.3 Å². The standard InChI is InChI=1S/C12H17NO3/c1-9-5-11(7-14)10(2)13(9)6-12-8-15-3-4-16-12/h5,7,12H,3-4,6,8H2,1-2H3. The van der Waals surface area contributed by atoms with Crippen molar-refractivity contribution in [1.82, 2.24) is 4.57 Å². The predicted molar refractivity (Wildman–Crippen MR) is 59.9 cm³/mol. The Kier molecular flexibility index (Phi) is 3.41. The number of aldehydes is 1. The average molecular weight is 223 g/mol. The zero-order chi connectivity index (χ0) is 11.5. The van der Waals surface area contributed by atoms with Crippen LogP contribution in [-0.4, -0.2) is 36.8 Å². The van der Waals surface area contributed by atoms with E-state index in [1.807, 2.05) is 19.9 Å². The normalized spacial score (nSPS) is 21.0. The molecule has 0 saturated carbocycles. The Bertz CT molecular complexity index is 378. The molecule has 1 atom stereocenters. The Hall–Kier alpha value is -1.13. The predicted octanol–water partition coefficient (Wildman–Crippen LogP) is 1.33. The van der Waals surface area contributed by atoms with Crippen LogP contribution >= 0.6 is 0 Å². The second kappa shape index (κ2) is 4.80. The second-order valence-corrected chi connectivity index (χ2v) is 4.12. The number of aromatic nitrogens is 1. The third-order valence-corrected chi connectivity index (χ3v) is 3.01. The molecule has 2 rings (SSSR count). The maximum Gasteiger partial charge on any atom is 0.151 e. The molecule has 0 N–H and O–H groups in total. The van der Waals surface area contributed by atoms with Crippen molar-refractivity contribution in [2.45, 2.75) is 26.5 Å². The molecule has 0 spiro atoms. The lowest BCUT2D eigenvalue weighted by Crippen LogP contribution is -2.32. The van der Waals surface area contributed by atoms with Crippen LogP contribution in [0.3, 0.4) is 0 Å². The minimum atomic E-state index is 0.0954. The molecular weight excluding hydrogens is 206 g/mol. The minimum absolute atomic E-state index is 0.0954. The largest absolute Gasteiger partial charge is 0.376 e. The quantitative estimate of drug-likeness (QED) is 0.726. The molecule has 0 radical (unpaired) electrons. The summed E-state index contributed by atoms with van der Waals surface area (Å²) in [4.78, 5) is 10.8. The molecule has 0 aromatic carbocycles. The van der Waals surface area contributed by atoms with E-state index < -0.39 is 0 Å². The molecule has 1 aliphatic rings. The van der Waals surface area contributed by atoms with Crippen molar-refractivity contribution in [3.63, 3.8) is 0 Å². The van der Waals surface area contributed by atoms with Gasteiger partial charge in [0.25, 0.3) is 0 Å². The van der Waals surface area contributed by atoms with Gasteiger partial charge in [0, 0.05) is 17.0 Å². The van der Waals surface area contributed by atoms with E-state index in [1.54, 1.807) is 0 Å². The average Bonchev–Trinajstić information content (AvgIpc) is 2.58. The highest BCUT2D eigenvalue weighted by atomic mass is 16.6. The maximum absolute atomic E-state index is 10.8. The molecule has 1 aromatic heterocycles. The van der Waals surface area contributed by atoms with E-state index >= 15 is 0 Å². The van der Waals surface area contributed by atoms with Crippen LogP contribution in [0, 0.1) is 13.8 Å². The fourth-order valence-electron chi connectivity index (χ4n) is 2.07. The molecule has 88 valence electrons. The molecule has 0 bridgehead atoms. The first-order valence-electron chi connectivity index (χ1n) is 5.53. The third kappa shape index (κ3) is 2.18. The molecule has 1 unspecified atom stereocenters. The highest BCUT2D eigenvalue weighted by Crippen LogP contribution is 2.15. The Labute approximate surface area is 95.2 Å². The first-order chi connectivity index (χ1) is 7.72. The number of carbonyl (C=O) groups excluding carboxylic acids is 1. The van der Waals surface area contributed by atoms with Gasteiger partial charge in [0.2, 0.25) is 0 Å². The number of rotatable bonds is 3. The molecule has 2 heterocycles. The van der Waals surface area contributed by atoms with Crippen molar-refractivity contribution >= 4 is 6.29 Å². The van der Waals surface area contributed by atoms with E-state index in [0.717, 1.165) is 29.8 Å². The van der Waals surface area contributed by atoms with Crippen LogP contribution in [-0.2, 0) is 16.0 Å². The van der Waals surface area contributed by atoms with Gasteiger partial charge in [0.15, 0.2) is 6.29 Å². The zero-order valence-electron chi connectivity index (χ0n) is 9.73. The highest BCUT2D eigenvalue weighted by Gasteiger charge is 2.17. The van der Waals surface area contributed by atoms with Crippen molar-refractivity contribution in [2.75, 3.05) is 19.8 Å². The van der Waals surface area contributed by atoms with Gasteiger partial charge in [-0.05, 0) is 19.9 Å². The number of hydrogen-bond acceptors (Lipinski definition) is 3. The second-order valence-electron chi connectivity index (χ2n) is 4.12. The van der Waals surface area contributed by atoms with Gasteiger partial charge in [-0.3, -0.25) is 4.79 Å². The highest BCUT2D eigenvalue weighted by molar-refractivity contribution is 5.77. The van der Waals surface area contributed by atoms with E-state index in [-0.39, 0.29) is 6.10 Å². The van der Waals surface area contributed by atoms with E-state index in [2.05, 4.69) is 4.57 Å². The zero-order valence-corrected chi connectivity index (χ0v) is 9.73.